The van der Waals surface area contributed by atoms with Crippen molar-refractivity contribution in [1.82, 2.24) is 5.06 Å². The number of aliphatic hydroxyl groups excluding tert-OH is 1. The largest absolute Gasteiger partial charge is 0.459 e. The zero-order valence-electron chi connectivity index (χ0n) is 23.6. The highest BCUT2D eigenvalue weighted by atomic mass is 16.7. The normalized spacial score (nSPS) is 19.8. The van der Waals surface area contributed by atoms with Crippen molar-refractivity contribution in [3.05, 3.63) is 71.8 Å². The lowest BCUT2D eigenvalue weighted by Crippen LogP contribution is -2.62. The zero-order chi connectivity index (χ0) is 27.9. The van der Waals surface area contributed by atoms with E-state index in [-0.39, 0.29) is 12.0 Å². The Kier molecular flexibility index (Phi) is 10.1. The Balaban J connectivity index is 1.65. The van der Waals surface area contributed by atoms with Gasteiger partial charge in [-0.1, -0.05) is 60.7 Å². The van der Waals surface area contributed by atoms with E-state index >= 15 is 0 Å². The van der Waals surface area contributed by atoms with E-state index in [1.165, 1.54) is 25.0 Å². The third-order valence-electron chi connectivity index (χ3n) is 7.10. The average Bonchev–Trinajstić information content (AvgIpc) is 2.85. The van der Waals surface area contributed by atoms with Crippen molar-refractivity contribution in [2.45, 2.75) is 103 Å². The lowest BCUT2D eigenvalue weighted by molar-refractivity contribution is -0.295. The standard InChI is InChI=1S/C31H43NO6/c1-22(33)28(34)37-23(2)29(35)38-27-19-30(3,4)32(31(5,6)20-27)36-21-26(25-15-11-8-12-16-25)18-17-24-13-9-7-10-14-24/h7-16,22-23,26-27,33H,17-21H2,1-6H3/t22-,23-,26?/m0/s1. The molecule has 0 aromatic heterocycles. The minimum atomic E-state index is -1.30. The summed E-state index contributed by atoms with van der Waals surface area (Å²) in [5, 5.41) is 11.4. The summed E-state index contributed by atoms with van der Waals surface area (Å²) in [6, 6.07) is 21.0. The molecule has 1 N–H and O–H groups in total. The van der Waals surface area contributed by atoms with Crippen LogP contribution in [0, 0.1) is 0 Å². The van der Waals surface area contributed by atoms with Crippen molar-refractivity contribution in [2.75, 3.05) is 6.61 Å². The Morgan fingerprint density at radius 3 is 2.03 bits per heavy atom. The second-order valence-electron chi connectivity index (χ2n) is 11.6. The van der Waals surface area contributed by atoms with Crippen molar-refractivity contribution in [2.24, 2.45) is 0 Å². The van der Waals surface area contributed by atoms with Crippen LogP contribution < -0.4 is 0 Å². The number of carbonyl (C=O) groups is 2. The van der Waals surface area contributed by atoms with E-state index in [1.807, 2.05) is 12.1 Å². The second-order valence-corrected chi connectivity index (χ2v) is 11.6. The molecule has 2 aromatic carbocycles. The number of hydroxylamine groups is 2. The van der Waals surface area contributed by atoms with Crippen molar-refractivity contribution < 1.29 is 29.0 Å². The highest BCUT2D eigenvalue weighted by Gasteiger charge is 2.48. The van der Waals surface area contributed by atoms with Crippen LogP contribution in [0.15, 0.2) is 60.7 Å². The number of nitrogens with zero attached hydrogens (tertiary/aromatic N) is 1. The van der Waals surface area contributed by atoms with Crippen molar-refractivity contribution >= 4 is 11.9 Å². The van der Waals surface area contributed by atoms with Gasteiger partial charge in [-0.2, -0.15) is 5.06 Å². The maximum atomic E-state index is 12.6. The van der Waals surface area contributed by atoms with Crippen LogP contribution in [0.25, 0.3) is 0 Å². The first-order valence-corrected chi connectivity index (χ1v) is 13.5. The lowest BCUT2D eigenvalue weighted by atomic mass is 9.80. The first-order valence-electron chi connectivity index (χ1n) is 13.5. The highest BCUT2D eigenvalue weighted by Crippen LogP contribution is 2.40. The van der Waals surface area contributed by atoms with E-state index in [0.717, 1.165) is 12.8 Å². The summed E-state index contributed by atoms with van der Waals surface area (Å²) >= 11 is 0. The van der Waals surface area contributed by atoms with Gasteiger partial charge in [0, 0.05) is 29.8 Å². The number of esters is 2. The van der Waals surface area contributed by atoms with Gasteiger partial charge < -0.3 is 14.6 Å². The van der Waals surface area contributed by atoms with Crippen LogP contribution in [0.2, 0.25) is 0 Å². The van der Waals surface area contributed by atoms with Gasteiger partial charge in [0.15, 0.2) is 6.10 Å². The van der Waals surface area contributed by atoms with Crippen molar-refractivity contribution in [1.29, 1.82) is 0 Å². The molecule has 3 atom stereocenters. The van der Waals surface area contributed by atoms with E-state index < -0.39 is 35.2 Å². The third kappa shape index (κ3) is 8.13. The molecule has 1 aliphatic rings. The molecule has 0 amide bonds. The number of benzene rings is 2. The van der Waals surface area contributed by atoms with Crippen LogP contribution in [-0.2, 0) is 30.3 Å². The van der Waals surface area contributed by atoms with E-state index in [9.17, 15) is 14.7 Å². The number of hydrogen-bond acceptors (Lipinski definition) is 7. The number of rotatable bonds is 11. The molecule has 38 heavy (non-hydrogen) atoms. The van der Waals surface area contributed by atoms with E-state index in [2.05, 4.69) is 81.3 Å². The molecular weight excluding hydrogens is 482 g/mol. The third-order valence-corrected chi connectivity index (χ3v) is 7.10. The highest BCUT2D eigenvalue weighted by molar-refractivity contribution is 5.80. The maximum Gasteiger partial charge on any atom is 0.347 e. The monoisotopic (exact) mass is 525 g/mol. The molecule has 2 aromatic rings. The average molecular weight is 526 g/mol. The van der Waals surface area contributed by atoms with Gasteiger partial charge in [-0.3, -0.25) is 4.84 Å². The van der Waals surface area contributed by atoms with Gasteiger partial charge in [0.25, 0.3) is 0 Å². The Morgan fingerprint density at radius 2 is 1.47 bits per heavy atom. The smallest absolute Gasteiger partial charge is 0.347 e. The molecule has 0 spiro atoms. The van der Waals surface area contributed by atoms with Crippen LogP contribution in [0.5, 0.6) is 0 Å². The summed E-state index contributed by atoms with van der Waals surface area (Å²) in [6.07, 6.45) is 0.324. The second kappa shape index (κ2) is 12.9. The van der Waals surface area contributed by atoms with E-state index in [0.29, 0.717) is 19.4 Å². The molecule has 7 heteroatoms. The number of carbonyl (C=O) groups excluding carboxylic acids is 2. The fourth-order valence-electron chi connectivity index (χ4n) is 5.41. The molecule has 3 rings (SSSR count). The molecule has 0 radical (unpaired) electrons. The number of aryl methyl sites for hydroxylation is 1. The molecule has 0 bridgehead atoms. The van der Waals surface area contributed by atoms with Gasteiger partial charge in [0.2, 0.25) is 0 Å². The minimum absolute atomic E-state index is 0.225. The lowest BCUT2D eigenvalue weighted by Gasteiger charge is -2.53. The molecule has 7 nitrogen and oxygen atoms in total. The fraction of sp³-hybridized carbons (Fsp3) is 0.548. The summed E-state index contributed by atoms with van der Waals surface area (Å²) in [5.41, 5.74) is 1.74. The van der Waals surface area contributed by atoms with Crippen LogP contribution in [0.4, 0.5) is 0 Å². The predicted molar refractivity (Wildman–Crippen MR) is 146 cm³/mol. The summed E-state index contributed by atoms with van der Waals surface area (Å²) in [7, 11) is 0. The van der Waals surface area contributed by atoms with Crippen LogP contribution in [0.3, 0.4) is 0 Å². The fourth-order valence-corrected chi connectivity index (χ4v) is 5.41. The molecule has 1 heterocycles. The number of hydrogen-bond donors (Lipinski definition) is 1. The molecule has 208 valence electrons. The van der Waals surface area contributed by atoms with Gasteiger partial charge in [-0.05, 0) is 65.5 Å². The molecule has 0 aliphatic carbocycles. The van der Waals surface area contributed by atoms with Crippen LogP contribution in [0.1, 0.15) is 77.8 Å². The molecule has 1 saturated heterocycles. The Labute approximate surface area is 227 Å². The number of ether oxygens (including phenoxy) is 2. The molecule has 1 unspecified atom stereocenters. The summed E-state index contributed by atoms with van der Waals surface area (Å²) < 4.78 is 10.8. The number of aliphatic hydroxyl groups is 1. The quantitative estimate of drug-likeness (QED) is 0.403. The van der Waals surface area contributed by atoms with Crippen molar-refractivity contribution in [3.8, 4) is 0 Å². The zero-order valence-corrected chi connectivity index (χ0v) is 23.6. The molecule has 1 aliphatic heterocycles. The van der Waals surface area contributed by atoms with Gasteiger partial charge in [0.05, 0.1) is 6.61 Å². The topological polar surface area (TPSA) is 85.3 Å². The maximum absolute atomic E-state index is 12.6. The number of piperidine rings is 1. The van der Waals surface area contributed by atoms with Crippen molar-refractivity contribution in [3.63, 3.8) is 0 Å². The van der Waals surface area contributed by atoms with Gasteiger partial charge in [-0.15, -0.1) is 0 Å². The SMILES string of the molecule is C[C@H](O)C(=O)O[C@@H](C)C(=O)OC1CC(C)(C)N(OCC(CCc2ccccc2)c2ccccc2)C(C)(C)C1. The Morgan fingerprint density at radius 1 is 0.921 bits per heavy atom. The molecule has 1 fully saturated rings. The van der Waals surface area contributed by atoms with Gasteiger partial charge in [0.1, 0.15) is 12.2 Å². The first kappa shape index (κ1) is 29.8. The van der Waals surface area contributed by atoms with Gasteiger partial charge in [-0.25, -0.2) is 9.59 Å². The summed E-state index contributed by atoms with van der Waals surface area (Å²) in [5.74, 6) is -1.24. The van der Waals surface area contributed by atoms with Crippen LogP contribution in [-0.4, -0.2) is 58.1 Å². The Hall–Kier alpha value is -2.74. The first-order chi connectivity index (χ1) is 17.9. The minimum Gasteiger partial charge on any atom is -0.459 e. The predicted octanol–water partition coefficient (Wildman–Crippen LogP) is 5.21. The van der Waals surface area contributed by atoms with E-state index in [4.69, 9.17) is 14.3 Å². The molecule has 0 saturated carbocycles. The summed E-state index contributed by atoms with van der Waals surface area (Å²) in [6.45, 7) is 11.7. The van der Waals surface area contributed by atoms with E-state index in [1.54, 1.807) is 0 Å². The molecular formula is C31H43NO6. The summed E-state index contributed by atoms with van der Waals surface area (Å²) in [4.78, 5) is 30.9. The Bertz CT molecular complexity index is 1020. The van der Waals surface area contributed by atoms with Crippen LogP contribution >= 0.6 is 0 Å². The van der Waals surface area contributed by atoms with Gasteiger partial charge >= 0.3 is 11.9 Å².